The fourth-order valence-corrected chi connectivity index (χ4v) is 2.47. The van der Waals surface area contributed by atoms with Gasteiger partial charge < -0.3 is 19.7 Å². The van der Waals surface area contributed by atoms with Crippen LogP contribution < -0.4 is 4.74 Å². The van der Waals surface area contributed by atoms with Crippen molar-refractivity contribution in [2.75, 3.05) is 14.2 Å². The van der Waals surface area contributed by atoms with Crippen molar-refractivity contribution in [3.05, 3.63) is 52.6 Å². The van der Waals surface area contributed by atoms with Gasteiger partial charge in [-0.3, -0.25) is 9.59 Å². The van der Waals surface area contributed by atoms with Crippen molar-refractivity contribution in [1.82, 2.24) is 0 Å². The van der Waals surface area contributed by atoms with E-state index in [0.717, 1.165) is 19.2 Å². The fourth-order valence-electron chi connectivity index (χ4n) is 2.31. The minimum atomic E-state index is -0.921. The smallest absolute Gasteiger partial charge is 0.342 e. The Kier molecular flexibility index (Phi) is 5.29. The molecule has 0 amide bonds. The highest BCUT2D eigenvalue weighted by Gasteiger charge is 2.28. The second kappa shape index (κ2) is 7.23. The fraction of sp³-hybridized carbons (Fsp3) is 0.118. The second-order valence-electron chi connectivity index (χ2n) is 4.86. The van der Waals surface area contributed by atoms with Gasteiger partial charge in [0.1, 0.15) is 11.3 Å². The number of ketones is 1. The summed E-state index contributed by atoms with van der Waals surface area (Å²) in [6, 6.07) is 5.78. The van der Waals surface area contributed by atoms with Gasteiger partial charge in [-0.05, 0) is 41.9 Å². The molecule has 0 saturated carbocycles. The summed E-state index contributed by atoms with van der Waals surface area (Å²) < 4.78 is 9.62. The summed E-state index contributed by atoms with van der Waals surface area (Å²) in [5.74, 6) is -2.59. The van der Waals surface area contributed by atoms with E-state index >= 15 is 0 Å². The van der Waals surface area contributed by atoms with Gasteiger partial charge in [0.2, 0.25) is 0 Å². The van der Waals surface area contributed by atoms with Gasteiger partial charge in [-0.15, -0.1) is 0 Å². The van der Waals surface area contributed by atoms with Gasteiger partial charge in [-0.25, -0.2) is 4.79 Å². The topological polar surface area (TPSA) is 110 Å². The van der Waals surface area contributed by atoms with Crippen LogP contribution in [0.5, 0.6) is 17.2 Å². The molecule has 0 aliphatic carbocycles. The number of phenolic OH excluding ortho intramolecular Hbond substituents is 2. The van der Waals surface area contributed by atoms with E-state index in [4.69, 9.17) is 16.3 Å². The van der Waals surface area contributed by atoms with E-state index in [-0.39, 0.29) is 39.5 Å². The Morgan fingerprint density at radius 2 is 1.60 bits per heavy atom. The number of halogens is 1. The number of hydrogen-bond acceptors (Lipinski definition) is 7. The summed E-state index contributed by atoms with van der Waals surface area (Å²) in [5, 5.41) is 18.6. The first-order valence-electron chi connectivity index (χ1n) is 6.87. The number of esters is 1. The lowest BCUT2D eigenvalue weighted by atomic mass is 9.94. The Hall–Kier alpha value is -3.06. The van der Waals surface area contributed by atoms with E-state index in [1.165, 1.54) is 25.3 Å². The average Bonchev–Trinajstić information content (AvgIpc) is 2.59. The molecular formula is C17H13ClO7. The number of carbonyl (C=O) groups excluding carboxylic acids is 3. The number of carbonyl (C=O) groups is 3. The van der Waals surface area contributed by atoms with Gasteiger partial charge >= 0.3 is 5.97 Å². The SMILES string of the molecule is COC(=O)c1c(C(=O)c2cc(O)ccc2C(=O)Cl)ccc(O)c1OC. The van der Waals surface area contributed by atoms with Crippen molar-refractivity contribution in [2.45, 2.75) is 0 Å². The summed E-state index contributed by atoms with van der Waals surface area (Å²) in [7, 11) is 2.31. The molecule has 0 aromatic heterocycles. The first-order valence-corrected chi connectivity index (χ1v) is 7.25. The number of benzene rings is 2. The van der Waals surface area contributed by atoms with Crippen LogP contribution in [0.15, 0.2) is 30.3 Å². The Morgan fingerprint density at radius 3 is 2.16 bits per heavy atom. The molecule has 2 N–H and O–H groups in total. The molecule has 0 atom stereocenters. The van der Waals surface area contributed by atoms with Crippen LogP contribution in [0.25, 0.3) is 0 Å². The van der Waals surface area contributed by atoms with Gasteiger partial charge in [-0.2, -0.15) is 0 Å². The normalized spacial score (nSPS) is 10.2. The third-order valence-electron chi connectivity index (χ3n) is 3.43. The first-order chi connectivity index (χ1) is 11.8. The lowest BCUT2D eigenvalue weighted by Gasteiger charge is -2.14. The van der Waals surface area contributed by atoms with Crippen molar-refractivity contribution in [2.24, 2.45) is 0 Å². The predicted octanol–water partition coefficient (Wildman–Crippen LogP) is 2.50. The number of aromatic hydroxyl groups is 2. The first kappa shape index (κ1) is 18.3. The molecule has 8 heteroatoms. The Bertz CT molecular complexity index is 874. The molecule has 130 valence electrons. The highest BCUT2D eigenvalue weighted by atomic mass is 35.5. The van der Waals surface area contributed by atoms with Crippen LogP contribution in [0.1, 0.15) is 36.6 Å². The van der Waals surface area contributed by atoms with Crippen molar-refractivity contribution in [1.29, 1.82) is 0 Å². The molecule has 0 spiro atoms. The monoisotopic (exact) mass is 364 g/mol. The maximum Gasteiger partial charge on any atom is 0.342 e. The van der Waals surface area contributed by atoms with Gasteiger partial charge in [0.15, 0.2) is 17.3 Å². The van der Waals surface area contributed by atoms with Crippen molar-refractivity contribution < 1.29 is 34.1 Å². The molecule has 0 bridgehead atoms. The third kappa shape index (κ3) is 3.41. The van der Waals surface area contributed by atoms with Crippen molar-refractivity contribution >= 4 is 28.6 Å². The highest BCUT2D eigenvalue weighted by Crippen LogP contribution is 2.35. The molecule has 2 aromatic carbocycles. The third-order valence-corrected chi connectivity index (χ3v) is 3.64. The lowest BCUT2D eigenvalue weighted by molar-refractivity contribution is 0.0593. The summed E-state index contributed by atoms with van der Waals surface area (Å²) in [5.41, 5.74) is -0.859. The second-order valence-corrected chi connectivity index (χ2v) is 5.21. The molecule has 0 saturated heterocycles. The molecule has 0 radical (unpaired) electrons. The van der Waals surface area contributed by atoms with E-state index < -0.39 is 17.0 Å². The Balaban J connectivity index is 2.75. The van der Waals surface area contributed by atoms with Crippen LogP contribution in [0.2, 0.25) is 0 Å². The number of phenols is 2. The quantitative estimate of drug-likeness (QED) is 0.476. The predicted molar refractivity (Wildman–Crippen MR) is 87.7 cm³/mol. The molecule has 0 heterocycles. The largest absolute Gasteiger partial charge is 0.508 e. The highest BCUT2D eigenvalue weighted by molar-refractivity contribution is 6.68. The summed E-state index contributed by atoms with van der Waals surface area (Å²) in [6.07, 6.45) is 0. The standard InChI is InChI=1S/C17H13ClO7/c1-24-15-12(20)6-5-10(13(15)17(23)25-2)14(21)11-7-8(19)3-4-9(11)16(18)22/h3-7,19-20H,1-2H3. The van der Waals surface area contributed by atoms with E-state index in [2.05, 4.69) is 4.74 Å². The average molecular weight is 365 g/mol. The Labute approximate surface area is 147 Å². The number of rotatable bonds is 5. The van der Waals surface area contributed by atoms with Gasteiger partial charge in [0.25, 0.3) is 5.24 Å². The zero-order valence-electron chi connectivity index (χ0n) is 13.2. The zero-order chi connectivity index (χ0) is 18.7. The molecule has 2 aromatic rings. The molecular weight excluding hydrogens is 352 g/mol. The van der Waals surface area contributed by atoms with Crippen LogP contribution >= 0.6 is 11.6 Å². The summed E-state index contributed by atoms with van der Waals surface area (Å²) in [4.78, 5) is 36.5. The van der Waals surface area contributed by atoms with Crippen molar-refractivity contribution in [3.63, 3.8) is 0 Å². The molecule has 0 fully saturated rings. The lowest BCUT2D eigenvalue weighted by Crippen LogP contribution is -2.15. The maximum absolute atomic E-state index is 12.9. The minimum Gasteiger partial charge on any atom is -0.508 e. The van der Waals surface area contributed by atoms with E-state index in [0.29, 0.717) is 0 Å². The number of hydrogen-bond donors (Lipinski definition) is 2. The van der Waals surface area contributed by atoms with Crippen LogP contribution in [0.3, 0.4) is 0 Å². The molecule has 0 unspecified atom stereocenters. The Morgan fingerprint density at radius 1 is 0.960 bits per heavy atom. The van der Waals surface area contributed by atoms with Crippen LogP contribution in [-0.4, -0.2) is 41.4 Å². The number of ether oxygens (including phenoxy) is 2. The molecule has 25 heavy (non-hydrogen) atoms. The number of methoxy groups -OCH3 is 2. The van der Waals surface area contributed by atoms with E-state index in [9.17, 15) is 24.6 Å². The van der Waals surface area contributed by atoms with Crippen LogP contribution in [0, 0.1) is 0 Å². The maximum atomic E-state index is 12.9. The summed E-state index contributed by atoms with van der Waals surface area (Å²) in [6.45, 7) is 0. The van der Waals surface area contributed by atoms with Crippen LogP contribution in [0.4, 0.5) is 0 Å². The van der Waals surface area contributed by atoms with Gasteiger partial charge in [0, 0.05) is 16.7 Å². The van der Waals surface area contributed by atoms with Gasteiger partial charge in [0.05, 0.1) is 14.2 Å². The minimum absolute atomic E-state index is 0.146. The van der Waals surface area contributed by atoms with Gasteiger partial charge in [-0.1, -0.05) is 0 Å². The molecule has 0 aliphatic heterocycles. The molecule has 7 nitrogen and oxygen atoms in total. The zero-order valence-corrected chi connectivity index (χ0v) is 14.0. The van der Waals surface area contributed by atoms with E-state index in [1.54, 1.807) is 0 Å². The van der Waals surface area contributed by atoms with E-state index in [1.807, 2.05) is 0 Å². The molecule has 2 rings (SSSR count). The molecule has 0 aliphatic rings. The van der Waals surface area contributed by atoms with Crippen molar-refractivity contribution in [3.8, 4) is 17.2 Å². The van der Waals surface area contributed by atoms with Crippen LogP contribution in [-0.2, 0) is 4.74 Å². The summed E-state index contributed by atoms with van der Waals surface area (Å²) >= 11 is 5.48.